The van der Waals surface area contributed by atoms with Gasteiger partial charge in [-0.3, -0.25) is 4.90 Å². The van der Waals surface area contributed by atoms with Crippen LogP contribution in [0.1, 0.15) is 38.7 Å². The lowest BCUT2D eigenvalue weighted by Gasteiger charge is -2.27. The number of benzene rings is 1. The van der Waals surface area contributed by atoms with Crippen molar-refractivity contribution in [2.24, 2.45) is 4.99 Å². The van der Waals surface area contributed by atoms with Gasteiger partial charge >= 0.3 is 0 Å². The molecule has 25 heavy (non-hydrogen) atoms. The van der Waals surface area contributed by atoms with Crippen LogP contribution < -0.4 is 15.4 Å². The molecule has 0 aromatic heterocycles. The molecule has 2 N–H and O–H groups in total. The van der Waals surface area contributed by atoms with Gasteiger partial charge in [0.05, 0.1) is 13.7 Å². The Kier molecular flexibility index (Phi) is 10.9. The number of halogens is 1. The first-order chi connectivity index (χ1) is 11.8. The fraction of sp³-hybridized carbons (Fsp3) is 0.632. The van der Waals surface area contributed by atoms with Gasteiger partial charge in [-0.25, -0.2) is 4.99 Å². The molecule has 1 unspecified atom stereocenters. The molecule has 142 valence electrons. The quantitative estimate of drug-likeness (QED) is 0.355. The maximum absolute atomic E-state index is 5.40. The van der Waals surface area contributed by atoms with Crippen molar-refractivity contribution >= 4 is 29.9 Å². The number of guanidine groups is 1. The normalized spacial score (nSPS) is 16.2. The molecule has 1 aromatic carbocycles. The first-order valence-corrected chi connectivity index (χ1v) is 9.16. The molecule has 0 saturated carbocycles. The second-order valence-electron chi connectivity index (χ2n) is 6.19. The van der Waals surface area contributed by atoms with Crippen molar-refractivity contribution in [2.75, 3.05) is 33.3 Å². The molecule has 1 saturated heterocycles. The lowest BCUT2D eigenvalue weighted by molar-refractivity contribution is 0.236. The highest BCUT2D eigenvalue weighted by Gasteiger charge is 2.20. The largest absolute Gasteiger partial charge is 0.496 e. The third kappa shape index (κ3) is 7.01. The molecule has 2 rings (SSSR count). The molecule has 1 aliphatic heterocycles. The van der Waals surface area contributed by atoms with E-state index in [-0.39, 0.29) is 24.0 Å². The fourth-order valence-electron chi connectivity index (χ4n) is 3.19. The number of nitrogens with zero attached hydrogens (tertiary/aromatic N) is 2. The summed E-state index contributed by atoms with van der Waals surface area (Å²) in [5.74, 6) is 1.77. The first kappa shape index (κ1) is 22.0. The van der Waals surface area contributed by atoms with Gasteiger partial charge in [-0.2, -0.15) is 0 Å². The van der Waals surface area contributed by atoms with E-state index in [4.69, 9.17) is 9.73 Å². The molecule has 0 bridgehead atoms. The lowest BCUT2D eigenvalue weighted by atomic mass is 10.2. The molecular formula is C19H33IN4O. The van der Waals surface area contributed by atoms with E-state index in [0.29, 0.717) is 12.6 Å². The Balaban J connectivity index is 0.00000312. The summed E-state index contributed by atoms with van der Waals surface area (Å²) in [6.07, 6.45) is 3.83. The second-order valence-corrected chi connectivity index (χ2v) is 6.19. The van der Waals surface area contributed by atoms with Gasteiger partial charge in [-0.05, 0) is 45.3 Å². The van der Waals surface area contributed by atoms with Gasteiger partial charge in [-0.15, -0.1) is 24.0 Å². The van der Waals surface area contributed by atoms with Crippen LogP contribution in [0.5, 0.6) is 5.75 Å². The summed E-state index contributed by atoms with van der Waals surface area (Å²) < 4.78 is 5.40. The number of para-hydroxylation sites is 1. The zero-order valence-corrected chi connectivity index (χ0v) is 18.1. The number of ether oxygens (including phenoxy) is 1. The van der Waals surface area contributed by atoms with Gasteiger partial charge in [0.15, 0.2) is 5.96 Å². The van der Waals surface area contributed by atoms with Gasteiger partial charge in [0.1, 0.15) is 5.75 Å². The number of hydrogen-bond donors (Lipinski definition) is 2. The van der Waals surface area contributed by atoms with E-state index >= 15 is 0 Å². The Morgan fingerprint density at radius 1 is 1.20 bits per heavy atom. The number of aliphatic imine (C=N–C) groups is 1. The Morgan fingerprint density at radius 3 is 2.56 bits per heavy atom. The summed E-state index contributed by atoms with van der Waals surface area (Å²) in [5.41, 5.74) is 1.10. The average molecular weight is 460 g/mol. The van der Waals surface area contributed by atoms with E-state index in [2.05, 4.69) is 35.4 Å². The summed E-state index contributed by atoms with van der Waals surface area (Å²) in [4.78, 5) is 7.32. The van der Waals surface area contributed by atoms with Crippen LogP contribution in [0, 0.1) is 0 Å². The Labute approximate surface area is 169 Å². The molecular weight excluding hydrogens is 427 g/mol. The Bertz CT molecular complexity index is 518. The molecule has 0 aliphatic carbocycles. The van der Waals surface area contributed by atoms with Crippen molar-refractivity contribution in [3.8, 4) is 5.75 Å². The highest BCUT2D eigenvalue weighted by Crippen LogP contribution is 2.18. The molecule has 0 amide bonds. The molecule has 1 atom stereocenters. The smallest absolute Gasteiger partial charge is 0.191 e. The van der Waals surface area contributed by atoms with E-state index < -0.39 is 0 Å². The number of methoxy groups -OCH3 is 1. The highest BCUT2D eigenvalue weighted by molar-refractivity contribution is 14.0. The SMILES string of the molecule is CCNC(=NCc1ccccc1OC)NCC(CC)N1CCCC1.I. The van der Waals surface area contributed by atoms with Crippen LogP contribution in [0.15, 0.2) is 29.3 Å². The van der Waals surface area contributed by atoms with Crippen molar-refractivity contribution in [3.63, 3.8) is 0 Å². The number of likely N-dealkylation sites (tertiary alicyclic amines) is 1. The third-order valence-corrected chi connectivity index (χ3v) is 4.58. The standard InChI is InChI=1S/C19H32N4O.HI/c1-4-17(23-12-8-9-13-23)15-22-19(20-5-2)21-14-16-10-6-7-11-18(16)24-3;/h6-7,10-11,17H,4-5,8-9,12-15H2,1-3H3,(H2,20,21,22);1H. The number of nitrogens with one attached hydrogen (secondary N) is 2. The van der Waals surface area contributed by atoms with Crippen LogP contribution in [-0.2, 0) is 6.54 Å². The van der Waals surface area contributed by atoms with Crippen LogP contribution in [-0.4, -0.2) is 50.2 Å². The molecule has 1 heterocycles. The van der Waals surface area contributed by atoms with Gasteiger partial charge in [-0.1, -0.05) is 25.1 Å². The molecule has 1 fully saturated rings. The van der Waals surface area contributed by atoms with Crippen molar-refractivity contribution in [3.05, 3.63) is 29.8 Å². The zero-order valence-electron chi connectivity index (χ0n) is 15.8. The monoisotopic (exact) mass is 460 g/mol. The van der Waals surface area contributed by atoms with Crippen molar-refractivity contribution in [1.82, 2.24) is 15.5 Å². The molecule has 1 aromatic rings. The maximum atomic E-state index is 5.40. The highest BCUT2D eigenvalue weighted by atomic mass is 127. The van der Waals surface area contributed by atoms with Crippen molar-refractivity contribution in [1.29, 1.82) is 0 Å². The molecule has 5 nitrogen and oxygen atoms in total. The Hall–Kier alpha value is -1.02. The minimum atomic E-state index is 0. The predicted molar refractivity (Wildman–Crippen MR) is 116 cm³/mol. The molecule has 0 spiro atoms. The van der Waals surface area contributed by atoms with E-state index in [0.717, 1.165) is 30.4 Å². The minimum absolute atomic E-state index is 0. The van der Waals surface area contributed by atoms with Gasteiger partial charge in [0.2, 0.25) is 0 Å². The van der Waals surface area contributed by atoms with Gasteiger partial charge in [0, 0.05) is 24.7 Å². The topological polar surface area (TPSA) is 48.9 Å². The van der Waals surface area contributed by atoms with E-state index in [1.807, 2.05) is 18.2 Å². The minimum Gasteiger partial charge on any atom is -0.496 e. The van der Waals surface area contributed by atoms with Crippen molar-refractivity contribution in [2.45, 2.75) is 45.7 Å². The lowest BCUT2D eigenvalue weighted by Crippen LogP contribution is -2.46. The maximum Gasteiger partial charge on any atom is 0.191 e. The van der Waals surface area contributed by atoms with Crippen LogP contribution in [0.4, 0.5) is 0 Å². The summed E-state index contributed by atoms with van der Waals surface area (Å²) in [6.45, 7) is 9.23. The number of hydrogen-bond acceptors (Lipinski definition) is 3. The molecule has 1 aliphatic rings. The summed E-state index contributed by atoms with van der Waals surface area (Å²) in [7, 11) is 1.70. The molecule has 0 radical (unpaired) electrons. The zero-order chi connectivity index (χ0) is 17.2. The molecule has 6 heteroatoms. The summed E-state index contributed by atoms with van der Waals surface area (Å²) >= 11 is 0. The van der Waals surface area contributed by atoms with Crippen LogP contribution in [0.3, 0.4) is 0 Å². The van der Waals surface area contributed by atoms with E-state index in [9.17, 15) is 0 Å². The summed E-state index contributed by atoms with van der Waals surface area (Å²) in [6, 6.07) is 8.63. The van der Waals surface area contributed by atoms with Crippen LogP contribution in [0.25, 0.3) is 0 Å². The van der Waals surface area contributed by atoms with Crippen LogP contribution in [0.2, 0.25) is 0 Å². The second kappa shape index (κ2) is 12.4. The van der Waals surface area contributed by atoms with Gasteiger partial charge < -0.3 is 15.4 Å². The van der Waals surface area contributed by atoms with Crippen LogP contribution >= 0.6 is 24.0 Å². The number of rotatable bonds is 8. The van der Waals surface area contributed by atoms with E-state index in [1.54, 1.807) is 7.11 Å². The first-order valence-electron chi connectivity index (χ1n) is 9.16. The van der Waals surface area contributed by atoms with E-state index in [1.165, 1.54) is 32.4 Å². The van der Waals surface area contributed by atoms with Crippen molar-refractivity contribution < 1.29 is 4.74 Å². The van der Waals surface area contributed by atoms with Gasteiger partial charge in [0.25, 0.3) is 0 Å². The predicted octanol–water partition coefficient (Wildman–Crippen LogP) is 3.24. The Morgan fingerprint density at radius 2 is 1.92 bits per heavy atom. The average Bonchev–Trinajstić information content (AvgIpc) is 3.14. The fourth-order valence-corrected chi connectivity index (χ4v) is 3.19. The third-order valence-electron chi connectivity index (χ3n) is 4.58. The summed E-state index contributed by atoms with van der Waals surface area (Å²) in [5, 5.41) is 6.85.